The van der Waals surface area contributed by atoms with E-state index in [0.29, 0.717) is 0 Å². The molecule has 1 aromatic rings. The Balaban J connectivity index is 2.73. The fourth-order valence-electron chi connectivity index (χ4n) is 2.35. The van der Waals surface area contributed by atoms with E-state index >= 15 is 0 Å². The molecular formula is C16H30N4O2. The molecule has 6 nitrogen and oxygen atoms in total. The van der Waals surface area contributed by atoms with Crippen LogP contribution in [-0.4, -0.2) is 33.1 Å². The Bertz CT molecular complexity index is 520. The van der Waals surface area contributed by atoms with Crippen LogP contribution in [0.15, 0.2) is 0 Å². The molecule has 0 bridgehead atoms. The van der Waals surface area contributed by atoms with Crippen molar-refractivity contribution >= 4 is 6.03 Å². The Morgan fingerprint density at radius 2 is 2.00 bits per heavy atom. The van der Waals surface area contributed by atoms with Gasteiger partial charge < -0.3 is 15.7 Å². The first-order valence-corrected chi connectivity index (χ1v) is 7.87. The lowest BCUT2D eigenvalue weighted by Gasteiger charge is -2.28. The standard InChI is InChI=1S/C16H30N4O2/c1-8-13(14-11(4)19-20(7)12(14)5)18-15(21)17-9-16(6,22)10(2)3/h10,13,22H,8-9H2,1-7H3,(H2,17,18,21). The van der Waals surface area contributed by atoms with Crippen LogP contribution in [0.4, 0.5) is 4.79 Å². The predicted octanol–water partition coefficient (Wildman–Crippen LogP) is 2.19. The molecule has 0 aromatic carbocycles. The molecule has 0 fully saturated rings. The fraction of sp³-hybridized carbons (Fsp3) is 0.750. The van der Waals surface area contributed by atoms with Gasteiger partial charge in [0.15, 0.2) is 0 Å². The summed E-state index contributed by atoms with van der Waals surface area (Å²) < 4.78 is 1.83. The third-order valence-corrected chi connectivity index (χ3v) is 4.48. The minimum atomic E-state index is -0.917. The molecule has 6 heteroatoms. The summed E-state index contributed by atoms with van der Waals surface area (Å²) in [6, 6.07) is -0.354. The van der Waals surface area contributed by atoms with Gasteiger partial charge in [0.1, 0.15) is 0 Å². The monoisotopic (exact) mass is 310 g/mol. The summed E-state index contributed by atoms with van der Waals surface area (Å²) in [7, 11) is 1.90. The van der Waals surface area contributed by atoms with Crippen molar-refractivity contribution in [1.82, 2.24) is 20.4 Å². The second-order valence-corrected chi connectivity index (χ2v) is 6.51. The molecular weight excluding hydrogens is 280 g/mol. The first kappa shape index (κ1) is 18.5. The number of aryl methyl sites for hydroxylation is 2. The van der Waals surface area contributed by atoms with Gasteiger partial charge in [-0.1, -0.05) is 20.8 Å². The fourth-order valence-corrected chi connectivity index (χ4v) is 2.35. The van der Waals surface area contributed by atoms with Gasteiger partial charge in [-0.3, -0.25) is 4.68 Å². The highest BCUT2D eigenvalue weighted by Gasteiger charge is 2.26. The maximum Gasteiger partial charge on any atom is 0.315 e. The molecule has 2 atom stereocenters. The molecule has 22 heavy (non-hydrogen) atoms. The normalized spacial score (nSPS) is 15.5. The number of rotatable bonds is 6. The number of urea groups is 1. The number of hydrogen-bond donors (Lipinski definition) is 3. The zero-order valence-electron chi connectivity index (χ0n) is 14.8. The van der Waals surface area contributed by atoms with Crippen LogP contribution in [-0.2, 0) is 7.05 Å². The molecule has 0 aliphatic carbocycles. The zero-order chi connectivity index (χ0) is 17.1. The zero-order valence-corrected chi connectivity index (χ0v) is 14.8. The van der Waals surface area contributed by atoms with Crippen molar-refractivity contribution < 1.29 is 9.90 Å². The van der Waals surface area contributed by atoms with E-state index in [2.05, 4.69) is 15.7 Å². The molecule has 3 N–H and O–H groups in total. The highest BCUT2D eigenvalue weighted by molar-refractivity contribution is 5.74. The van der Waals surface area contributed by atoms with Crippen molar-refractivity contribution in [2.75, 3.05) is 6.54 Å². The van der Waals surface area contributed by atoms with Gasteiger partial charge in [0, 0.05) is 24.8 Å². The molecule has 0 radical (unpaired) electrons. The number of carbonyl (C=O) groups excluding carboxylic acids is 1. The van der Waals surface area contributed by atoms with Crippen molar-refractivity contribution in [2.45, 2.75) is 59.6 Å². The van der Waals surface area contributed by atoms with Crippen LogP contribution in [0.25, 0.3) is 0 Å². The molecule has 0 spiro atoms. The van der Waals surface area contributed by atoms with E-state index in [1.54, 1.807) is 6.92 Å². The van der Waals surface area contributed by atoms with Crippen molar-refractivity contribution in [1.29, 1.82) is 0 Å². The van der Waals surface area contributed by atoms with Gasteiger partial charge in [-0.05, 0) is 33.1 Å². The second kappa shape index (κ2) is 7.13. The van der Waals surface area contributed by atoms with E-state index < -0.39 is 5.60 Å². The first-order chi connectivity index (χ1) is 10.1. The van der Waals surface area contributed by atoms with Gasteiger partial charge in [0.05, 0.1) is 17.3 Å². The van der Waals surface area contributed by atoms with Gasteiger partial charge in [-0.25, -0.2) is 4.79 Å². The van der Waals surface area contributed by atoms with Crippen molar-refractivity contribution in [2.24, 2.45) is 13.0 Å². The van der Waals surface area contributed by atoms with E-state index in [4.69, 9.17) is 0 Å². The summed E-state index contributed by atoms with van der Waals surface area (Å²) in [5.74, 6) is 0.0672. The Labute approximate surface area is 133 Å². The van der Waals surface area contributed by atoms with Gasteiger partial charge in [0.25, 0.3) is 0 Å². The molecule has 0 aliphatic rings. The van der Waals surface area contributed by atoms with Crippen molar-refractivity contribution in [3.8, 4) is 0 Å². The smallest absolute Gasteiger partial charge is 0.315 e. The quantitative estimate of drug-likeness (QED) is 0.753. The number of nitrogens with zero attached hydrogens (tertiary/aromatic N) is 2. The van der Waals surface area contributed by atoms with Crippen LogP contribution >= 0.6 is 0 Å². The van der Waals surface area contributed by atoms with E-state index in [-0.39, 0.29) is 24.5 Å². The van der Waals surface area contributed by atoms with E-state index in [0.717, 1.165) is 23.4 Å². The topological polar surface area (TPSA) is 79.2 Å². The molecule has 2 unspecified atom stereocenters. The summed E-state index contributed by atoms with van der Waals surface area (Å²) in [5.41, 5.74) is 2.13. The van der Waals surface area contributed by atoms with Gasteiger partial charge in [-0.15, -0.1) is 0 Å². The Kier molecular flexibility index (Phi) is 6.00. The molecule has 1 aromatic heterocycles. The van der Waals surface area contributed by atoms with E-state index in [1.165, 1.54) is 0 Å². The SMILES string of the molecule is CCC(NC(=O)NCC(C)(O)C(C)C)c1c(C)nn(C)c1C. The lowest BCUT2D eigenvalue weighted by molar-refractivity contribution is 0.0165. The third kappa shape index (κ3) is 4.22. The van der Waals surface area contributed by atoms with Gasteiger partial charge in [-0.2, -0.15) is 5.10 Å². The summed E-state index contributed by atoms with van der Waals surface area (Å²) in [4.78, 5) is 12.1. The molecule has 1 heterocycles. The number of hydrogen-bond acceptors (Lipinski definition) is 3. The number of aliphatic hydroxyl groups is 1. The minimum absolute atomic E-state index is 0.0672. The average Bonchev–Trinajstić information content (AvgIpc) is 2.68. The maximum atomic E-state index is 12.1. The second-order valence-electron chi connectivity index (χ2n) is 6.51. The van der Waals surface area contributed by atoms with E-state index in [1.807, 2.05) is 46.3 Å². The summed E-state index contributed by atoms with van der Waals surface area (Å²) in [5, 5.41) is 20.3. The van der Waals surface area contributed by atoms with Crippen LogP contribution in [0.1, 0.15) is 57.1 Å². The molecule has 2 amide bonds. The number of aromatic nitrogens is 2. The Morgan fingerprint density at radius 3 is 2.41 bits per heavy atom. The highest BCUT2D eigenvalue weighted by atomic mass is 16.3. The third-order valence-electron chi connectivity index (χ3n) is 4.48. The molecule has 0 saturated carbocycles. The largest absolute Gasteiger partial charge is 0.388 e. The lowest BCUT2D eigenvalue weighted by atomic mass is 9.93. The maximum absolute atomic E-state index is 12.1. The minimum Gasteiger partial charge on any atom is -0.388 e. The van der Waals surface area contributed by atoms with Crippen LogP contribution in [0.2, 0.25) is 0 Å². The summed E-state index contributed by atoms with van der Waals surface area (Å²) in [6.07, 6.45) is 0.779. The van der Waals surface area contributed by atoms with Crippen LogP contribution in [0.3, 0.4) is 0 Å². The number of nitrogens with one attached hydrogen (secondary N) is 2. The number of carbonyl (C=O) groups is 1. The van der Waals surface area contributed by atoms with Gasteiger partial charge >= 0.3 is 6.03 Å². The molecule has 1 rings (SSSR count). The van der Waals surface area contributed by atoms with Crippen molar-refractivity contribution in [3.63, 3.8) is 0 Å². The van der Waals surface area contributed by atoms with E-state index in [9.17, 15) is 9.90 Å². The van der Waals surface area contributed by atoms with Crippen LogP contribution in [0, 0.1) is 19.8 Å². The number of amides is 2. The first-order valence-electron chi connectivity index (χ1n) is 7.87. The summed E-state index contributed by atoms with van der Waals surface area (Å²) in [6.45, 7) is 11.8. The highest BCUT2D eigenvalue weighted by Crippen LogP contribution is 2.23. The molecule has 0 saturated heterocycles. The van der Waals surface area contributed by atoms with Crippen molar-refractivity contribution in [3.05, 3.63) is 17.0 Å². The van der Waals surface area contributed by atoms with Crippen LogP contribution < -0.4 is 10.6 Å². The molecule has 126 valence electrons. The average molecular weight is 310 g/mol. The summed E-state index contributed by atoms with van der Waals surface area (Å²) >= 11 is 0. The van der Waals surface area contributed by atoms with Gasteiger partial charge in [0.2, 0.25) is 0 Å². The lowest BCUT2D eigenvalue weighted by Crippen LogP contribution is -2.48. The Morgan fingerprint density at radius 1 is 1.41 bits per heavy atom. The van der Waals surface area contributed by atoms with Crippen LogP contribution in [0.5, 0.6) is 0 Å². The predicted molar refractivity (Wildman–Crippen MR) is 87.7 cm³/mol. The Hall–Kier alpha value is -1.56. The molecule has 0 aliphatic heterocycles.